The molecule has 2 amide bonds. The van der Waals surface area contributed by atoms with Crippen LogP contribution in [0.3, 0.4) is 0 Å². The van der Waals surface area contributed by atoms with E-state index < -0.39 is 32.4 Å². The zero-order valence-corrected chi connectivity index (χ0v) is 21.6. The van der Waals surface area contributed by atoms with Gasteiger partial charge in [-0.3, -0.25) is 34.7 Å². The Morgan fingerprint density at radius 2 is 1.72 bits per heavy atom. The summed E-state index contributed by atoms with van der Waals surface area (Å²) in [5, 5.41) is 22.5. The van der Waals surface area contributed by atoms with E-state index in [0.717, 1.165) is 23.1 Å². The van der Waals surface area contributed by atoms with Gasteiger partial charge in [0.15, 0.2) is 11.5 Å². The van der Waals surface area contributed by atoms with Crippen LogP contribution in [-0.2, 0) is 4.79 Å². The van der Waals surface area contributed by atoms with Crippen molar-refractivity contribution in [3.05, 3.63) is 96.4 Å². The van der Waals surface area contributed by atoms with E-state index in [1.807, 2.05) is 0 Å². The van der Waals surface area contributed by atoms with Gasteiger partial charge in [-0.05, 0) is 42.1 Å². The van der Waals surface area contributed by atoms with E-state index in [0.29, 0.717) is 22.5 Å². The van der Waals surface area contributed by atoms with E-state index in [-0.39, 0.29) is 40.9 Å². The third-order valence-corrected chi connectivity index (χ3v) is 6.58. The number of hydrogen-bond acceptors (Lipinski definition) is 10. The quantitative estimate of drug-likeness (QED) is 0.159. The number of nitrogens with zero attached hydrogens (tertiary/aromatic N) is 3. The highest BCUT2D eigenvalue weighted by atomic mass is 35.5. The molecule has 0 N–H and O–H groups in total. The molecule has 3 aromatic carbocycles. The number of hydrogen-bond donors (Lipinski definition) is 0. The Hall–Kier alpha value is -4.62. The van der Waals surface area contributed by atoms with E-state index >= 15 is 0 Å². The summed E-state index contributed by atoms with van der Waals surface area (Å²) in [5.41, 5.74) is -0.846. The van der Waals surface area contributed by atoms with Gasteiger partial charge in [0.25, 0.3) is 16.8 Å². The van der Waals surface area contributed by atoms with Gasteiger partial charge in [0.2, 0.25) is 5.75 Å². The molecule has 12 nitrogen and oxygen atoms in total. The van der Waals surface area contributed by atoms with Crippen LogP contribution in [0.4, 0.5) is 16.2 Å². The van der Waals surface area contributed by atoms with Crippen molar-refractivity contribution in [2.75, 3.05) is 20.3 Å². The highest BCUT2D eigenvalue weighted by Gasteiger charge is 2.35. The van der Waals surface area contributed by atoms with Crippen LogP contribution in [0.15, 0.2) is 65.6 Å². The number of methoxy groups -OCH3 is 1. The summed E-state index contributed by atoms with van der Waals surface area (Å²) in [4.78, 5) is 47.7. The minimum atomic E-state index is -0.812. The average molecular weight is 572 g/mol. The van der Waals surface area contributed by atoms with Gasteiger partial charge in [-0.15, -0.1) is 0 Å². The summed E-state index contributed by atoms with van der Waals surface area (Å²) in [6.45, 7) is -0.00390. The number of halogens is 1. The van der Waals surface area contributed by atoms with E-state index in [1.165, 1.54) is 19.3 Å². The second-order valence-electron chi connectivity index (χ2n) is 7.76. The summed E-state index contributed by atoms with van der Waals surface area (Å²) in [6, 6.07) is 14.4. The predicted octanol–water partition coefficient (Wildman–Crippen LogP) is 6.07. The van der Waals surface area contributed by atoms with Crippen LogP contribution in [0.25, 0.3) is 6.08 Å². The lowest BCUT2D eigenvalue weighted by Gasteiger charge is -2.14. The number of carbonyl (C=O) groups is 2. The highest BCUT2D eigenvalue weighted by Crippen LogP contribution is 2.42. The maximum Gasteiger partial charge on any atom is 0.318 e. The third kappa shape index (κ3) is 6.10. The monoisotopic (exact) mass is 571 g/mol. The number of para-hydroxylation sites is 2. The number of carbonyl (C=O) groups excluding carboxylic acids is 2. The van der Waals surface area contributed by atoms with Crippen molar-refractivity contribution in [1.29, 1.82) is 0 Å². The molecule has 1 fully saturated rings. The molecule has 3 aromatic rings. The molecule has 0 aliphatic carbocycles. The van der Waals surface area contributed by atoms with E-state index in [9.17, 15) is 29.8 Å². The first kappa shape index (κ1) is 27.4. The molecule has 0 aromatic heterocycles. The van der Waals surface area contributed by atoms with Crippen molar-refractivity contribution in [3.8, 4) is 23.0 Å². The Morgan fingerprint density at radius 3 is 2.41 bits per heavy atom. The zero-order valence-electron chi connectivity index (χ0n) is 20.1. The van der Waals surface area contributed by atoms with Crippen molar-refractivity contribution in [1.82, 2.24) is 4.90 Å². The molecule has 1 aliphatic rings. The number of benzene rings is 3. The Bertz CT molecular complexity index is 1510. The fraction of sp³-hybridized carbons (Fsp3) is 0.120. The van der Waals surface area contributed by atoms with Gasteiger partial charge in [0, 0.05) is 11.6 Å². The van der Waals surface area contributed by atoms with Gasteiger partial charge in [0.1, 0.15) is 12.4 Å². The number of amides is 2. The smallest absolute Gasteiger partial charge is 0.318 e. The van der Waals surface area contributed by atoms with Crippen molar-refractivity contribution in [3.63, 3.8) is 0 Å². The first-order valence-electron chi connectivity index (χ1n) is 11.1. The Morgan fingerprint density at radius 1 is 0.974 bits per heavy atom. The lowest BCUT2D eigenvalue weighted by atomic mass is 10.1. The number of rotatable bonds is 10. The minimum absolute atomic E-state index is 0.00537. The number of imide groups is 1. The SMILES string of the molecule is COc1cccc(/C=C2\SC(=O)N(CCOc3ccccc3Cl)C2=O)c1Oc1ccc([N+](=O)[O-])cc1[N+](=O)[O-]. The van der Waals surface area contributed by atoms with E-state index in [2.05, 4.69) is 0 Å². The topological polar surface area (TPSA) is 151 Å². The lowest BCUT2D eigenvalue weighted by Crippen LogP contribution is -2.32. The maximum atomic E-state index is 13.0. The molecular formula is C25H18ClN3O9S. The maximum absolute atomic E-state index is 13.0. The first-order valence-corrected chi connectivity index (χ1v) is 12.3. The van der Waals surface area contributed by atoms with Crippen molar-refractivity contribution < 1.29 is 33.6 Å². The van der Waals surface area contributed by atoms with Crippen LogP contribution in [0, 0.1) is 20.2 Å². The van der Waals surface area contributed by atoms with Gasteiger partial charge in [-0.2, -0.15) is 0 Å². The largest absolute Gasteiger partial charge is 0.493 e. The number of thioether (sulfide) groups is 1. The highest BCUT2D eigenvalue weighted by molar-refractivity contribution is 8.18. The van der Waals surface area contributed by atoms with Crippen molar-refractivity contribution >= 4 is 52.0 Å². The molecule has 1 heterocycles. The van der Waals surface area contributed by atoms with Crippen molar-refractivity contribution in [2.24, 2.45) is 0 Å². The predicted molar refractivity (Wildman–Crippen MR) is 142 cm³/mol. The Labute approximate surface area is 230 Å². The molecule has 39 heavy (non-hydrogen) atoms. The first-order chi connectivity index (χ1) is 18.7. The molecule has 14 heteroatoms. The normalized spacial score (nSPS) is 14.0. The summed E-state index contributed by atoms with van der Waals surface area (Å²) in [5.74, 6) is -0.257. The standard InChI is InChI=1S/C25H18ClN3O9S/c1-36-21-8-4-5-15(23(21)38-20-10-9-16(28(32)33)14-18(20)29(34)35)13-22-24(30)27(25(31)39-22)11-12-37-19-7-3-2-6-17(19)26/h2-10,13-14H,11-12H2,1H3/b22-13-. The molecule has 0 radical (unpaired) electrons. The number of nitro benzene ring substituents is 2. The molecule has 0 spiro atoms. The Balaban J connectivity index is 1.59. The van der Waals surface area contributed by atoms with Crippen LogP contribution >= 0.6 is 23.4 Å². The summed E-state index contributed by atoms with van der Waals surface area (Å²) >= 11 is 6.77. The van der Waals surface area contributed by atoms with Gasteiger partial charge in [-0.25, -0.2) is 0 Å². The third-order valence-electron chi connectivity index (χ3n) is 5.36. The molecule has 1 aliphatic heterocycles. The zero-order chi connectivity index (χ0) is 28.1. The molecule has 4 rings (SSSR count). The fourth-order valence-electron chi connectivity index (χ4n) is 3.52. The van der Waals surface area contributed by atoms with Crippen molar-refractivity contribution in [2.45, 2.75) is 0 Å². The molecular weight excluding hydrogens is 554 g/mol. The lowest BCUT2D eigenvalue weighted by molar-refractivity contribution is -0.394. The molecule has 200 valence electrons. The van der Waals surface area contributed by atoms with Crippen LogP contribution < -0.4 is 14.2 Å². The van der Waals surface area contributed by atoms with E-state index in [4.69, 9.17) is 25.8 Å². The Kier molecular flexibility index (Phi) is 8.32. The average Bonchev–Trinajstić information content (AvgIpc) is 3.17. The number of ether oxygens (including phenoxy) is 3. The summed E-state index contributed by atoms with van der Waals surface area (Å²) in [7, 11) is 1.35. The fourth-order valence-corrected chi connectivity index (χ4v) is 4.56. The summed E-state index contributed by atoms with van der Waals surface area (Å²) < 4.78 is 16.7. The summed E-state index contributed by atoms with van der Waals surface area (Å²) in [6.07, 6.45) is 1.40. The van der Waals surface area contributed by atoms with Crippen LogP contribution in [0.1, 0.15) is 5.56 Å². The number of non-ortho nitro benzene ring substituents is 1. The molecule has 0 unspecified atom stereocenters. The number of nitro groups is 2. The molecule has 0 bridgehead atoms. The second kappa shape index (κ2) is 11.8. The van der Waals surface area contributed by atoms with Gasteiger partial charge < -0.3 is 14.2 Å². The van der Waals surface area contributed by atoms with Crippen LogP contribution in [0.5, 0.6) is 23.0 Å². The van der Waals surface area contributed by atoms with E-state index in [1.54, 1.807) is 36.4 Å². The van der Waals surface area contributed by atoms with Crippen LogP contribution in [0.2, 0.25) is 5.02 Å². The second-order valence-corrected chi connectivity index (χ2v) is 9.16. The van der Waals surface area contributed by atoms with Crippen LogP contribution in [-0.4, -0.2) is 46.2 Å². The van der Waals surface area contributed by atoms with Gasteiger partial charge in [-0.1, -0.05) is 35.9 Å². The van der Waals surface area contributed by atoms with Gasteiger partial charge in [0.05, 0.1) is 39.5 Å². The molecule has 1 saturated heterocycles. The molecule has 0 atom stereocenters. The molecule has 0 saturated carbocycles. The minimum Gasteiger partial charge on any atom is -0.493 e. The van der Waals surface area contributed by atoms with Gasteiger partial charge >= 0.3 is 5.69 Å².